The van der Waals surface area contributed by atoms with E-state index in [4.69, 9.17) is 39.5 Å². The number of hydrogen-bond acceptors (Lipinski definition) is 3. The molecule has 1 heterocycles. The fourth-order valence-corrected chi connectivity index (χ4v) is 2.40. The highest BCUT2D eigenvalue weighted by atomic mass is 35.5. The van der Waals surface area contributed by atoms with Gasteiger partial charge in [0.25, 0.3) is 0 Å². The van der Waals surface area contributed by atoms with Gasteiger partial charge in [0, 0.05) is 5.56 Å². The first kappa shape index (κ1) is 13.9. The predicted molar refractivity (Wildman–Crippen MR) is 76.1 cm³/mol. The molecule has 0 spiro atoms. The number of ether oxygens (including phenoxy) is 1. The van der Waals surface area contributed by atoms with Gasteiger partial charge in [-0.1, -0.05) is 40.9 Å². The van der Waals surface area contributed by atoms with Crippen LogP contribution < -0.4 is 0 Å². The maximum Gasteiger partial charge on any atom is 0.0785 e. The van der Waals surface area contributed by atoms with E-state index in [1.165, 1.54) is 0 Å². The van der Waals surface area contributed by atoms with Crippen LogP contribution in [0.5, 0.6) is 0 Å². The van der Waals surface area contributed by atoms with Gasteiger partial charge >= 0.3 is 0 Å². The highest BCUT2D eigenvalue weighted by molar-refractivity contribution is 6.49. The molecule has 1 fully saturated rings. The van der Waals surface area contributed by atoms with Gasteiger partial charge in [-0.15, -0.1) is 0 Å². The molecule has 18 heavy (non-hydrogen) atoms. The lowest BCUT2D eigenvalue weighted by molar-refractivity contribution is 0.0393. The molecule has 0 atom stereocenters. The summed E-state index contributed by atoms with van der Waals surface area (Å²) in [5.74, 6) is 0. The van der Waals surface area contributed by atoms with Crippen LogP contribution in [0.2, 0.25) is 15.1 Å². The van der Waals surface area contributed by atoms with E-state index in [0.717, 1.165) is 24.4 Å². The van der Waals surface area contributed by atoms with Gasteiger partial charge < -0.3 is 4.74 Å². The maximum absolute atomic E-state index is 6.17. The van der Waals surface area contributed by atoms with Gasteiger partial charge in [0.2, 0.25) is 0 Å². The zero-order valence-electron chi connectivity index (χ0n) is 9.92. The van der Waals surface area contributed by atoms with Gasteiger partial charge in [0.1, 0.15) is 0 Å². The molecule has 0 aliphatic carbocycles. The minimum atomic E-state index is 0.368. The summed E-state index contributed by atoms with van der Waals surface area (Å²) < 4.78 is 5.27. The summed E-state index contributed by atoms with van der Waals surface area (Å²) in [4.78, 5) is 0. The van der Waals surface area contributed by atoms with Gasteiger partial charge in [-0.3, -0.25) is 5.01 Å². The van der Waals surface area contributed by atoms with Crippen molar-refractivity contribution in [3.63, 3.8) is 0 Å². The van der Waals surface area contributed by atoms with Crippen LogP contribution >= 0.6 is 34.8 Å². The van der Waals surface area contributed by atoms with Crippen molar-refractivity contribution in [2.45, 2.75) is 6.92 Å². The smallest absolute Gasteiger partial charge is 0.0785 e. The summed E-state index contributed by atoms with van der Waals surface area (Å²) in [5.41, 5.74) is 1.62. The van der Waals surface area contributed by atoms with Crippen molar-refractivity contribution in [1.82, 2.24) is 5.01 Å². The summed E-state index contributed by atoms with van der Waals surface area (Å²) >= 11 is 18.1. The highest BCUT2D eigenvalue weighted by Gasteiger charge is 2.13. The average Bonchev–Trinajstić information content (AvgIpc) is 2.37. The van der Waals surface area contributed by atoms with E-state index in [1.54, 1.807) is 6.07 Å². The summed E-state index contributed by atoms with van der Waals surface area (Å²) in [5, 5.41) is 7.75. The molecule has 1 aliphatic rings. The average molecular weight is 308 g/mol. The van der Waals surface area contributed by atoms with Crippen molar-refractivity contribution in [1.29, 1.82) is 0 Å². The first-order valence-electron chi connectivity index (χ1n) is 5.61. The zero-order valence-corrected chi connectivity index (χ0v) is 12.2. The second-order valence-electron chi connectivity index (χ2n) is 3.97. The first-order valence-corrected chi connectivity index (χ1v) is 6.74. The first-order chi connectivity index (χ1) is 8.59. The van der Waals surface area contributed by atoms with E-state index in [1.807, 2.05) is 18.0 Å². The van der Waals surface area contributed by atoms with Gasteiger partial charge in [-0.05, 0) is 13.0 Å². The lowest BCUT2D eigenvalue weighted by atomic mass is 10.1. The van der Waals surface area contributed by atoms with Crippen LogP contribution in [-0.4, -0.2) is 37.0 Å². The molecule has 3 nitrogen and oxygen atoms in total. The van der Waals surface area contributed by atoms with Crippen molar-refractivity contribution in [2.24, 2.45) is 5.10 Å². The molecule has 98 valence electrons. The van der Waals surface area contributed by atoms with Crippen LogP contribution in [0, 0.1) is 0 Å². The Bertz CT molecular complexity index is 471. The fraction of sp³-hybridized carbons (Fsp3) is 0.417. The van der Waals surface area contributed by atoms with Crippen LogP contribution in [0.3, 0.4) is 0 Å². The number of hydrogen-bond donors (Lipinski definition) is 0. The quantitative estimate of drug-likeness (QED) is 0.615. The molecule has 0 N–H and O–H groups in total. The Morgan fingerprint density at radius 1 is 1.17 bits per heavy atom. The number of nitrogens with zero attached hydrogens (tertiary/aromatic N) is 2. The summed E-state index contributed by atoms with van der Waals surface area (Å²) in [7, 11) is 0. The Labute approximate surface area is 121 Å². The number of benzene rings is 1. The molecule has 1 aromatic rings. The SMILES string of the molecule is C/C(=N\N1CCOCC1)c1ccc(Cl)c(Cl)c1Cl. The van der Waals surface area contributed by atoms with Crippen molar-refractivity contribution in [3.05, 3.63) is 32.8 Å². The topological polar surface area (TPSA) is 24.8 Å². The minimum Gasteiger partial charge on any atom is -0.378 e. The molecule has 0 unspecified atom stereocenters. The van der Waals surface area contributed by atoms with E-state index < -0.39 is 0 Å². The second kappa shape index (κ2) is 6.11. The van der Waals surface area contributed by atoms with E-state index in [9.17, 15) is 0 Å². The molecule has 0 bridgehead atoms. The third-order valence-corrected chi connectivity index (χ3v) is 4.00. The van der Waals surface area contributed by atoms with Gasteiger partial charge in [-0.25, -0.2) is 0 Å². The van der Waals surface area contributed by atoms with Crippen molar-refractivity contribution in [2.75, 3.05) is 26.3 Å². The lowest BCUT2D eigenvalue weighted by Gasteiger charge is -2.24. The molecule has 0 amide bonds. The molecule has 0 saturated carbocycles. The number of halogens is 3. The predicted octanol–water partition coefficient (Wildman–Crippen LogP) is 3.70. The summed E-state index contributed by atoms with van der Waals surface area (Å²) in [6.45, 7) is 4.88. The molecule has 2 rings (SSSR count). The Balaban J connectivity index is 2.25. The van der Waals surface area contributed by atoms with Crippen molar-refractivity contribution >= 4 is 40.5 Å². The Morgan fingerprint density at radius 3 is 2.50 bits per heavy atom. The Kier molecular flexibility index (Phi) is 4.73. The zero-order chi connectivity index (χ0) is 13.1. The largest absolute Gasteiger partial charge is 0.378 e. The van der Waals surface area contributed by atoms with E-state index >= 15 is 0 Å². The third kappa shape index (κ3) is 3.09. The fourth-order valence-electron chi connectivity index (χ4n) is 1.73. The second-order valence-corrected chi connectivity index (χ2v) is 5.14. The summed E-state index contributed by atoms with van der Waals surface area (Å²) in [6, 6.07) is 3.55. The minimum absolute atomic E-state index is 0.368. The Morgan fingerprint density at radius 2 is 1.83 bits per heavy atom. The highest BCUT2D eigenvalue weighted by Crippen LogP contribution is 2.33. The van der Waals surface area contributed by atoms with E-state index in [2.05, 4.69) is 5.10 Å². The van der Waals surface area contributed by atoms with Crippen LogP contribution in [0.15, 0.2) is 17.2 Å². The maximum atomic E-state index is 6.17. The van der Waals surface area contributed by atoms with Gasteiger partial charge in [0.15, 0.2) is 0 Å². The van der Waals surface area contributed by atoms with Crippen molar-refractivity contribution < 1.29 is 4.74 Å². The van der Waals surface area contributed by atoms with E-state index in [0.29, 0.717) is 28.3 Å². The molecule has 6 heteroatoms. The molecule has 0 radical (unpaired) electrons. The van der Waals surface area contributed by atoms with E-state index in [-0.39, 0.29) is 0 Å². The van der Waals surface area contributed by atoms with Crippen LogP contribution in [-0.2, 0) is 4.74 Å². The molecule has 1 aromatic carbocycles. The summed E-state index contributed by atoms with van der Waals surface area (Å²) in [6.07, 6.45) is 0. The standard InChI is InChI=1S/C12H13Cl3N2O/c1-8(16-17-4-6-18-7-5-17)9-2-3-10(13)12(15)11(9)14/h2-3H,4-7H2,1H3/b16-8+. The number of morpholine rings is 1. The molecule has 1 aliphatic heterocycles. The third-order valence-electron chi connectivity index (χ3n) is 2.70. The molecule has 0 aromatic heterocycles. The van der Waals surface area contributed by atoms with Crippen molar-refractivity contribution in [3.8, 4) is 0 Å². The monoisotopic (exact) mass is 306 g/mol. The normalized spacial score (nSPS) is 17.1. The van der Waals surface area contributed by atoms with Gasteiger partial charge in [0.05, 0.1) is 47.1 Å². The van der Waals surface area contributed by atoms with Gasteiger partial charge in [-0.2, -0.15) is 5.10 Å². The van der Waals surface area contributed by atoms with Crippen LogP contribution in [0.1, 0.15) is 12.5 Å². The molecule has 1 saturated heterocycles. The van der Waals surface area contributed by atoms with Crippen LogP contribution in [0.4, 0.5) is 0 Å². The molecular weight excluding hydrogens is 295 g/mol. The number of hydrazone groups is 1. The molecular formula is C12H13Cl3N2O. The Hall–Kier alpha value is -0.480. The number of rotatable bonds is 2. The lowest BCUT2D eigenvalue weighted by Crippen LogP contribution is -2.33. The van der Waals surface area contributed by atoms with Crippen LogP contribution in [0.25, 0.3) is 0 Å².